The maximum Gasteiger partial charge on any atom is 0.406 e. The number of thiophene rings is 1. The molecule has 1 N–H and O–H groups in total. The predicted molar refractivity (Wildman–Crippen MR) is 119 cm³/mol. The van der Waals surface area contributed by atoms with E-state index in [-0.39, 0.29) is 10.3 Å². The number of para-hydroxylation sites is 1. The molecule has 3 aromatic rings. The average Bonchev–Trinajstić information content (AvgIpc) is 3.25. The molecule has 1 amide bonds. The van der Waals surface area contributed by atoms with Gasteiger partial charge in [0.25, 0.3) is 10.0 Å². The molecule has 0 spiro atoms. The molecule has 158 valence electrons. The van der Waals surface area contributed by atoms with Gasteiger partial charge in [-0.25, -0.2) is 13.2 Å². The molecule has 0 radical (unpaired) electrons. The Morgan fingerprint density at radius 3 is 2.30 bits per heavy atom. The largest absolute Gasteiger partial charge is 0.453 e. The fourth-order valence-electron chi connectivity index (χ4n) is 3.10. The fourth-order valence-corrected chi connectivity index (χ4v) is 6.19. The first-order chi connectivity index (χ1) is 14.4. The van der Waals surface area contributed by atoms with Crippen molar-refractivity contribution in [3.8, 4) is 0 Å². The highest BCUT2D eigenvalue weighted by Gasteiger charge is 2.31. The van der Waals surface area contributed by atoms with Crippen LogP contribution in [0.3, 0.4) is 0 Å². The standard InChI is InChI=1S/C22H24N2O4S2/c1-17(18-9-5-3-6-10-18)24(19-11-7-4-8-12-19)30(26,27)21-14-13-20(29-21)15-16-23-22(25)28-2/h3-14,17H,15-16H2,1-2H3,(H,23,25). The van der Waals surface area contributed by atoms with Gasteiger partial charge < -0.3 is 10.1 Å². The third-order valence-corrected chi connectivity index (χ3v) is 8.13. The monoisotopic (exact) mass is 444 g/mol. The Balaban J connectivity index is 1.90. The van der Waals surface area contributed by atoms with Crippen LogP contribution in [0, 0.1) is 0 Å². The second kappa shape index (κ2) is 9.77. The highest BCUT2D eigenvalue weighted by Crippen LogP contribution is 2.35. The normalized spacial score (nSPS) is 12.2. The molecule has 0 saturated carbocycles. The Hall–Kier alpha value is -2.84. The number of sulfonamides is 1. The van der Waals surface area contributed by atoms with Crippen molar-refractivity contribution in [2.45, 2.75) is 23.6 Å². The van der Waals surface area contributed by atoms with Gasteiger partial charge in [0, 0.05) is 11.4 Å². The van der Waals surface area contributed by atoms with Crippen molar-refractivity contribution >= 4 is 33.1 Å². The highest BCUT2D eigenvalue weighted by atomic mass is 32.2. The number of benzene rings is 2. The van der Waals surface area contributed by atoms with Crippen molar-refractivity contribution in [2.24, 2.45) is 0 Å². The number of nitrogens with zero attached hydrogens (tertiary/aromatic N) is 1. The summed E-state index contributed by atoms with van der Waals surface area (Å²) in [6.07, 6.45) is 0.0147. The van der Waals surface area contributed by atoms with Gasteiger partial charge in [-0.2, -0.15) is 0 Å². The van der Waals surface area contributed by atoms with Gasteiger partial charge in [-0.05, 0) is 43.2 Å². The Bertz CT molecular complexity index is 1070. The van der Waals surface area contributed by atoms with Gasteiger partial charge in [0.15, 0.2) is 0 Å². The Morgan fingerprint density at radius 2 is 1.67 bits per heavy atom. The van der Waals surface area contributed by atoms with Crippen LogP contribution in [0.1, 0.15) is 23.4 Å². The number of carbonyl (C=O) groups excluding carboxylic acids is 1. The smallest absolute Gasteiger partial charge is 0.406 e. The van der Waals surface area contributed by atoms with E-state index in [0.29, 0.717) is 18.7 Å². The number of rotatable bonds is 8. The SMILES string of the molecule is COC(=O)NCCc1ccc(S(=O)(=O)N(c2ccccc2)C(C)c2ccccc2)s1. The minimum Gasteiger partial charge on any atom is -0.453 e. The number of alkyl carbamates (subject to hydrolysis) is 1. The molecule has 1 aromatic heterocycles. The van der Waals surface area contributed by atoms with Crippen LogP contribution in [0.5, 0.6) is 0 Å². The summed E-state index contributed by atoms with van der Waals surface area (Å²) in [5.74, 6) is 0. The summed E-state index contributed by atoms with van der Waals surface area (Å²) in [6, 6.07) is 21.7. The molecule has 1 atom stereocenters. The maximum atomic E-state index is 13.6. The van der Waals surface area contributed by atoms with Crippen molar-refractivity contribution in [3.63, 3.8) is 0 Å². The minimum absolute atomic E-state index is 0.266. The number of hydrogen-bond donors (Lipinski definition) is 1. The van der Waals surface area contributed by atoms with Crippen LogP contribution in [-0.4, -0.2) is 28.2 Å². The first kappa shape index (κ1) is 21.9. The van der Waals surface area contributed by atoms with E-state index in [1.165, 1.54) is 22.8 Å². The second-order valence-corrected chi connectivity index (χ2v) is 9.82. The third-order valence-electron chi connectivity index (χ3n) is 4.62. The zero-order valence-electron chi connectivity index (χ0n) is 16.8. The van der Waals surface area contributed by atoms with Gasteiger partial charge >= 0.3 is 6.09 Å². The molecule has 6 nitrogen and oxygen atoms in total. The third kappa shape index (κ3) is 5.01. The van der Waals surface area contributed by atoms with Crippen LogP contribution in [-0.2, 0) is 21.2 Å². The molecule has 8 heteroatoms. The van der Waals surface area contributed by atoms with Crippen molar-refractivity contribution in [1.29, 1.82) is 0 Å². The van der Waals surface area contributed by atoms with Gasteiger partial charge in [-0.1, -0.05) is 48.5 Å². The molecule has 0 saturated heterocycles. The van der Waals surface area contributed by atoms with Crippen LogP contribution < -0.4 is 9.62 Å². The predicted octanol–water partition coefficient (Wildman–Crippen LogP) is 4.60. The molecule has 2 aromatic carbocycles. The molecular weight excluding hydrogens is 420 g/mol. The van der Waals surface area contributed by atoms with E-state index in [0.717, 1.165) is 10.4 Å². The number of ether oxygens (including phenoxy) is 1. The fraction of sp³-hybridized carbons (Fsp3) is 0.227. The van der Waals surface area contributed by atoms with Crippen molar-refractivity contribution in [3.05, 3.63) is 83.2 Å². The van der Waals surface area contributed by atoms with Crippen molar-refractivity contribution in [1.82, 2.24) is 5.32 Å². The van der Waals surface area contributed by atoms with E-state index in [9.17, 15) is 13.2 Å². The lowest BCUT2D eigenvalue weighted by Gasteiger charge is -2.30. The summed E-state index contributed by atoms with van der Waals surface area (Å²) in [6.45, 7) is 2.25. The van der Waals surface area contributed by atoms with Gasteiger partial charge in [-0.3, -0.25) is 4.31 Å². The maximum absolute atomic E-state index is 13.6. The van der Waals surface area contributed by atoms with Gasteiger partial charge in [0.1, 0.15) is 4.21 Å². The second-order valence-electron chi connectivity index (χ2n) is 6.61. The lowest BCUT2D eigenvalue weighted by atomic mass is 10.1. The van der Waals surface area contributed by atoms with Crippen LogP contribution in [0.25, 0.3) is 0 Å². The van der Waals surface area contributed by atoms with E-state index >= 15 is 0 Å². The summed E-state index contributed by atoms with van der Waals surface area (Å²) in [5.41, 5.74) is 1.51. The Kier molecular flexibility index (Phi) is 7.12. The average molecular weight is 445 g/mol. The first-order valence-electron chi connectivity index (χ1n) is 9.48. The quantitative estimate of drug-likeness (QED) is 0.551. The van der Waals surface area contributed by atoms with Gasteiger partial charge in [-0.15, -0.1) is 11.3 Å². The first-order valence-corrected chi connectivity index (χ1v) is 11.7. The van der Waals surface area contributed by atoms with Gasteiger partial charge in [0.05, 0.1) is 18.8 Å². The number of amides is 1. The molecule has 1 unspecified atom stereocenters. The molecule has 0 aliphatic heterocycles. The number of carbonyl (C=O) groups is 1. The lowest BCUT2D eigenvalue weighted by molar-refractivity contribution is 0.171. The van der Waals surface area contributed by atoms with E-state index < -0.39 is 16.1 Å². The summed E-state index contributed by atoms with van der Waals surface area (Å²) in [5, 5.41) is 2.60. The van der Waals surface area contributed by atoms with Gasteiger partial charge in [0.2, 0.25) is 0 Å². The topological polar surface area (TPSA) is 75.7 Å². The van der Waals surface area contributed by atoms with E-state index in [1.807, 2.05) is 55.5 Å². The molecule has 0 aliphatic rings. The molecular formula is C22H24N2O4S2. The Labute approximate surface area is 181 Å². The number of nitrogens with one attached hydrogen (secondary N) is 1. The van der Waals surface area contributed by atoms with E-state index in [1.54, 1.807) is 24.3 Å². The summed E-state index contributed by atoms with van der Waals surface area (Å²) < 4.78 is 33.5. The number of anilines is 1. The van der Waals surface area contributed by atoms with Crippen LogP contribution in [0.15, 0.2) is 77.0 Å². The van der Waals surface area contributed by atoms with Crippen LogP contribution in [0.2, 0.25) is 0 Å². The Morgan fingerprint density at radius 1 is 1.03 bits per heavy atom. The lowest BCUT2D eigenvalue weighted by Crippen LogP contribution is -2.33. The molecule has 0 bridgehead atoms. The van der Waals surface area contributed by atoms with Crippen LogP contribution >= 0.6 is 11.3 Å². The highest BCUT2D eigenvalue weighted by molar-refractivity contribution is 7.94. The summed E-state index contributed by atoms with van der Waals surface area (Å²) in [7, 11) is -2.48. The zero-order valence-corrected chi connectivity index (χ0v) is 18.4. The van der Waals surface area contributed by atoms with Crippen LogP contribution in [0.4, 0.5) is 10.5 Å². The molecule has 3 rings (SSSR count). The van der Waals surface area contributed by atoms with E-state index in [4.69, 9.17) is 0 Å². The summed E-state index contributed by atoms with van der Waals surface area (Å²) >= 11 is 1.21. The molecule has 1 heterocycles. The van der Waals surface area contributed by atoms with E-state index in [2.05, 4.69) is 10.1 Å². The molecule has 30 heavy (non-hydrogen) atoms. The van der Waals surface area contributed by atoms with Crippen molar-refractivity contribution in [2.75, 3.05) is 18.0 Å². The minimum atomic E-state index is -3.79. The zero-order chi connectivity index (χ0) is 21.6. The number of methoxy groups -OCH3 is 1. The van der Waals surface area contributed by atoms with Crippen molar-refractivity contribution < 1.29 is 17.9 Å². The molecule has 0 aliphatic carbocycles. The summed E-state index contributed by atoms with van der Waals surface area (Å²) in [4.78, 5) is 12.1. The molecule has 0 fully saturated rings. The number of hydrogen-bond acceptors (Lipinski definition) is 5.